The lowest BCUT2D eigenvalue weighted by molar-refractivity contribution is -0.132. The monoisotopic (exact) mass is 500 g/mol. The number of rotatable bonds is 4. The number of aliphatic hydroxyl groups excluding tert-OH is 1. The third-order valence-corrected chi connectivity index (χ3v) is 6.83. The number of nitrogens with zero attached hydrogens (tertiary/aromatic N) is 2. The van der Waals surface area contributed by atoms with E-state index in [0.717, 1.165) is 22.3 Å². The number of hydrogen-bond acceptors (Lipinski definition) is 7. The van der Waals surface area contributed by atoms with Gasteiger partial charge >= 0.3 is 11.9 Å². The molecule has 1 aliphatic rings. The number of aromatic nitrogens is 1. The molecule has 0 spiro atoms. The average Bonchev–Trinajstić information content (AvgIpc) is 3.32. The van der Waals surface area contributed by atoms with E-state index in [1.165, 1.54) is 19.2 Å². The van der Waals surface area contributed by atoms with Crippen LogP contribution in [0.4, 0.5) is 9.52 Å². The molecule has 1 aromatic heterocycles. The summed E-state index contributed by atoms with van der Waals surface area (Å²) < 4.78 is 19.0. The molecule has 0 radical (unpaired) electrons. The summed E-state index contributed by atoms with van der Waals surface area (Å²) in [5, 5.41) is 11.6. The van der Waals surface area contributed by atoms with Gasteiger partial charge in [-0.3, -0.25) is 14.5 Å². The number of ketones is 1. The van der Waals surface area contributed by atoms with Gasteiger partial charge in [-0.15, -0.1) is 0 Å². The van der Waals surface area contributed by atoms with Crippen molar-refractivity contribution >= 4 is 51.5 Å². The highest BCUT2D eigenvalue weighted by Gasteiger charge is 2.48. The fraction of sp³-hybridized carbons (Fsp3) is 0.167. The van der Waals surface area contributed by atoms with E-state index < -0.39 is 35.3 Å². The van der Waals surface area contributed by atoms with Gasteiger partial charge in [0.25, 0.3) is 5.78 Å². The largest absolute Gasteiger partial charge is 0.507 e. The first-order valence-corrected chi connectivity index (χ1v) is 11.2. The molecule has 10 heteroatoms. The lowest BCUT2D eigenvalue weighted by Gasteiger charge is -2.23. The number of thiazole rings is 1. The van der Waals surface area contributed by atoms with E-state index in [4.69, 9.17) is 16.3 Å². The van der Waals surface area contributed by atoms with Crippen molar-refractivity contribution in [2.45, 2.75) is 19.9 Å². The highest BCUT2D eigenvalue weighted by atomic mass is 35.5. The topological polar surface area (TPSA) is 96.8 Å². The van der Waals surface area contributed by atoms with Crippen LogP contribution < -0.4 is 4.90 Å². The van der Waals surface area contributed by atoms with Gasteiger partial charge in [0.05, 0.1) is 24.4 Å². The summed E-state index contributed by atoms with van der Waals surface area (Å²) in [7, 11) is 1.22. The molecular weight excluding hydrogens is 483 g/mol. The Morgan fingerprint density at radius 3 is 2.47 bits per heavy atom. The minimum atomic E-state index is -1.09. The highest BCUT2D eigenvalue weighted by Crippen LogP contribution is 2.44. The summed E-state index contributed by atoms with van der Waals surface area (Å²) >= 11 is 6.91. The molecule has 2 aromatic carbocycles. The van der Waals surface area contributed by atoms with Crippen LogP contribution in [0, 0.1) is 19.7 Å². The van der Waals surface area contributed by atoms with E-state index in [9.17, 15) is 23.9 Å². The SMILES string of the molecule is COC(=O)c1sc(N2C(=O)C(=O)/C(=C(/O)c3ccc(C)c(F)c3)C2c2ccc(Cl)cc2)nc1C. The molecule has 1 atom stereocenters. The number of carbonyl (C=O) groups is 3. The Morgan fingerprint density at radius 2 is 1.85 bits per heavy atom. The maximum Gasteiger partial charge on any atom is 0.350 e. The predicted molar refractivity (Wildman–Crippen MR) is 126 cm³/mol. The molecule has 1 amide bonds. The molecule has 1 unspecified atom stereocenters. The Kier molecular flexibility index (Phi) is 6.24. The number of benzene rings is 2. The first-order valence-electron chi connectivity index (χ1n) is 10.0. The van der Waals surface area contributed by atoms with E-state index in [-0.39, 0.29) is 21.1 Å². The Morgan fingerprint density at radius 1 is 1.18 bits per heavy atom. The van der Waals surface area contributed by atoms with Crippen LogP contribution in [0.1, 0.15) is 38.1 Å². The number of aliphatic hydroxyl groups is 1. The van der Waals surface area contributed by atoms with Crippen LogP contribution in [-0.2, 0) is 14.3 Å². The lowest BCUT2D eigenvalue weighted by Crippen LogP contribution is -2.29. The molecular formula is C24H18ClFN2O5S. The summed E-state index contributed by atoms with van der Waals surface area (Å²) in [4.78, 5) is 44.0. The number of carbonyl (C=O) groups excluding carboxylic acids is 3. The maximum atomic E-state index is 14.2. The second-order valence-electron chi connectivity index (χ2n) is 7.59. The van der Waals surface area contributed by atoms with Crippen LogP contribution in [-0.4, -0.2) is 34.9 Å². The molecule has 0 bridgehead atoms. The van der Waals surface area contributed by atoms with Crippen molar-refractivity contribution < 1.29 is 28.6 Å². The minimum Gasteiger partial charge on any atom is -0.507 e. The van der Waals surface area contributed by atoms with Gasteiger partial charge in [0.15, 0.2) is 5.13 Å². The summed E-state index contributed by atoms with van der Waals surface area (Å²) in [5.74, 6) is -3.64. The molecule has 0 saturated carbocycles. The van der Waals surface area contributed by atoms with Crippen molar-refractivity contribution in [3.8, 4) is 0 Å². The summed E-state index contributed by atoms with van der Waals surface area (Å²) in [6.45, 7) is 3.14. The lowest BCUT2D eigenvalue weighted by atomic mass is 9.95. The van der Waals surface area contributed by atoms with Crippen molar-refractivity contribution in [1.82, 2.24) is 4.98 Å². The summed E-state index contributed by atoms with van der Waals surface area (Å²) in [6, 6.07) is 9.31. The molecule has 174 valence electrons. The van der Waals surface area contributed by atoms with Gasteiger partial charge in [-0.2, -0.15) is 0 Å². The highest BCUT2D eigenvalue weighted by molar-refractivity contribution is 7.17. The van der Waals surface area contributed by atoms with Crippen LogP contribution in [0.15, 0.2) is 48.0 Å². The van der Waals surface area contributed by atoms with Crippen LogP contribution >= 0.6 is 22.9 Å². The van der Waals surface area contributed by atoms with E-state index in [1.807, 2.05) is 0 Å². The second kappa shape index (κ2) is 9.00. The zero-order valence-corrected chi connectivity index (χ0v) is 19.8. The number of ether oxygens (including phenoxy) is 1. The van der Waals surface area contributed by atoms with E-state index in [0.29, 0.717) is 21.8 Å². The van der Waals surface area contributed by atoms with Crippen molar-refractivity contribution in [2.24, 2.45) is 0 Å². The standard InChI is InChI=1S/C24H18ClFN2O5S/c1-11-4-5-14(10-16(11)26)19(29)17-18(13-6-8-15(25)9-7-13)28(22(31)20(17)30)24-27-12(2)21(34-24)23(32)33-3/h4-10,18,29H,1-3H3/b19-17+. The fourth-order valence-electron chi connectivity index (χ4n) is 3.65. The predicted octanol–water partition coefficient (Wildman–Crippen LogP) is 4.97. The molecule has 1 saturated heterocycles. The number of Topliss-reactive ketones (excluding diaryl/α,β-unsaturated/α-hetero) is 1. The van der Waals surface area contributed by atoms with Gasteiger partial charge < -0.3 is 9.84 Å². The van der Waals surface area contributed by atoms with Gasteiger partial charge in [-0.25, -0.2) is 14.2 Å². The number of anilines is 1. The van der Waals surface area contributed by atoms with Crippen molar-refractivity contribution in [1.29, 1.82) is 0 Å². The van der Waals surface area contributed by atoms with Gasteiger partial charge in [0.1, 0.15) is 16.5 Å². The smallest absolute Gasteiger partial charge is 0.350 e. The zero-order valence-electron chi connectivity index (χ0n) is 18.3. The Balaban J connectivity index is 1.94. The van der Waals surface area contributed by atoms with Gasteiger partial charge in [-0.05, 0) is 43.2 Å². The zero-order chi connectivity index (χ0) is 24.7. The summed E-state index contributed by atoms with van der Waals surface area (Å²) in [5.41, 5.74) is 0.961. The van der Waals surface area contributed by atoms with Gasteiger partial charge in [-0.1, -0.05) is 47.2 Å². The Labute approximate surface area is 203 Å². The molecule has 1 fully saturated rings. The molecule has 7 nitrogen and oxygen atoms in total. The molecule has 1 N–H and O–H groups in total. The van der Waals surface area contributed by atoms with Crippen molar-refractivity contribution in [2.75, 3.05) is 12.0 Å². The number of methoxy groups -OCH3 is 1. The van der Waals surface area contributed by atoms with Gasteiger partial charge in [0.2, 0.25) is 0 Å². The number of esters is 1. The van der Waals surface area contributed by atoms with E-state index >= 15 is 0 Å². The minimum absolute atomic E-state index is 0.0469. The van der Waals surface area contributed by atoms with Gasteiger partial charge in [0, 0.05) is 10.6 Å². The fourth-order valence-corrected chi connectivity index (χ4v) is 4.79. The normalized spacial score (nSPS) is 17.3. The maximum absolute atomic E-state index is 14.2. The molecule has 0 aliphatic carbocycles. The summed E-state index contributed by atoms with van der Waals surface area (Å²) in [6.07, 6.45) is 0. The number of amides is 1. The molecule has 1 aliphatic heterocycles. The first-order chi connectivity index (χ1) is 16.1. The Hall–Kier alpha value is -3.56. The van der Waals surface area contributed by atoms with Crippen LogP contribution in [0.2, 0.25) is 5.02 Å². The number of halogens is 2. The number of hydrogen-bond donors (Lipinski definition) is 1. The average molecular weight is 501 g/mol. The van der Waals surface area contributed by atoms with E-state index in [1.54, 1.807) is 38.1 Å². The molecule has 3 aromatic rings. The van der Waals surface area contributed by atoms with Crippen LogP contribution in [0.5, 0.6) is 0 Å². The molecule has 4 rings (SSSR count). The Bertz CT molecular complexity index is 1370. The number of aryl methyl sites for hydroxylation is 2. The van der Waals surface area contributed by atoms with Crippen LogP contribution in [0.3, 0.4) is 0 Å². The second-order valence-corrected chi connectivity index (χ2v) is 9.00. The third kappa shape index (κ3) is 3.97. The quantitative estimate of drug-likeness (QED) is 0.235. The first kappa shape index (κ1) is 23.6. The molecule has 2 heterocycles. The third-order valence-electron chi connectivity index (χ3n) is 5.44. The van der Waals surface area contributed by atoms with Crippen molar-refractivity contribution in [3.63, 3.8) is 0 Å². The van der Waals surface area contributed by atoms with Crippen molar-refractivity contribution in [3.05, 3.63) is 86.1 Å². The molecule has 34 heavy (non-hydrogen) atoms. The van der Waals surface area contributed by atoms with E-state index in [2.05, 4.69) is 4.98 Å². The van der Waals surface area contributed by atoms with Crippen LogP contribution in [0.25, 0.3) is 5.76 Å².